The van der Waals surface area contributed by atoms with Crippen LogP contribution in [0.25, 0.3) is 0 Å². The molecule has 0 aliphatic heterocycles. The molecule has 222 valence electrons. The lowest BCUT2D eigenvalue weighted by Crippen LogP contribution is -2.74. The SMILES string of the molecule is CCCc1cccc(C(CC(F)(F)C(F)(F)C(F)(F)C(F)(F)C(F)(F)C(F)(F)C(F)(F)C(F)(F)F)OC)c1. The quantitative estimate of drug-likeness (QED) is 0.220. The molecule has 0 N–H and O–H groups in total. The second-order valence-corrected chi connectivity index (χ2v) is 8.07. The van der Waals surface area contributed by atoms with E-state index in [1.165, 1.54) is 6.07 Å². The summed E-state index contributed by atoms with van der Waals surface area (Å²) in [7, 11) is 0.562. The van der Waals surface area contributed by atoms with Crippen LogP contribution in [0.4, 0.5) is 74.6 Å². The van der Waals surface area contributed by atoms with E-state index in [9.17, 15) is 74.6 Å². The highest BCUT2D eigenvalue weighted by atomic mass is 19.4. The first-order valence-electron chi connectivity index (χ1n) is 10.0. The summed E-state index contributed by atoms with van der Waals surface area (Å²) >= 11 is 0. The monoisotopic (exact) mass is 596 g/mol. The van der Waals surface area contributed by atoms with E-state index >= 15 is 0 Å². The third-order valence-electron chi connectivity index (χ3n) is 5.37. The Morgan fingerprint density at radius 2 is 1.05 bits per heavy atom. The summed E-state index contributed by atoms with van der Waals surface area (Å²) in [6.07, 6.45) is -12.0. The standard InChI is InChI=1S/C20H17F17O/c1-3-5-10-6-4-7-11(8-10)12(38-2)9-13(21,22)14(23,24)15(25,26)16(27,28)17(29,30)18(31,32)19(33,34)20(35,36)37/h4,6-8,12H,3,5,9H2,1-2H3. The number of halogens is 17. The fraction of sp³-hybridized carbons (Fsp3) is 0.700. The zero-order chi connectivity index (χ0) is 30.4. The predicted octanol–water partition coefficient (Wildman–Crippen LogP) is 8.73. The van der Waals surface area contributed by atoms with Gasteiger partial charge in [-0.15, -0.1) is 0 Å². The Bertz CT molecular complexity index is 951. The zero-order valence-corrected chi connectivity index (χ0v) is 18.8. The van der Waals surface area contributed by atoms with Crippen molar-refractivity contribution in [2.45, 2.75) is 79.9 Å². The van der Waals surface area contributed by atoms with Crippen LogP contribution < -0.4 is 0 Å². The summed E-state index contributed by atoms with van der Waals surface area (Å²) in [5, 5.41) is 0. The van der Waals surface area contributed by atoms with Crippen LogP contribution in [0.2, 0.25) is 0 Å². The molecule has 0 heterocycles. The van der Waals surface area contributed by atoms with Gasteiger partial charge < -0.3 is 4.74 Å². The van der Waals surface area contributed by atoms with Crippen LogP contribution in [-0.4, -0.2) is 54.7 Å². The minimum Gasteiger partial charge on any atom is -0.377 e. The molecule has 1 atom stereocenters. The Morgan fingerprint density at radius 1 is 0.632 bits per heavy atom. The molecule has 0 saturated heterocycles. The predicted molar refractivity (Wildman–Crippen MR) is 95.5 cm³/mol. The van der Waals surface area contributed by atoms with Gasteiger partial charge in [-0.3, -0.25) is 0 Å². The lowest BCUT2D eigenvalue weighted by molar-refractivity contribution is -0.462. The molecule has 0 saturated carbocycles. The van der Waals surface area contributed by atoms with Crippen LogP contribution >= 0.6 is 0 Å². The largest absolute Gasteiger partial charge is 0.460 e. The van der Waals surface area contributed by atoms with Crippen LogP contribution in [0, 0.1) is 0 Å². The number of ether oxygens (including phenoxy) is 1. The van der Waals surface area contributed by atoms with Gasteiger partial charge in [-0.25, -0.2) is 0 Å². The smallest absolute Gasteiger partial charge is 0.377 e. The highest BCUT2D eigenvalue weighted by Crippen LogP contribution is 2.64. The summed E-state index contributed by atoms with van der Waals surface area (Å²) in [5.74, 6) is -56.5. The average Bonchev–Trinajstić information content (AvgIpc) is 2.76. The van der Waals surface area contributed by atoms with E-state index in [1.807, 2.05) is 0 Å². The lowest BCUT2D eigenvalue weighted by atomic mass is 9.87. The van der Waals surface area contributed by atoms with Gasteiger partial charge in [0.1, 0.15) is 0 Å². The van der Waals surface area contributed by atoms with Crippen LogP contribution in [-0.2, 0) is 11.2 Å². The van der Waals surface area contributed by atoms with Crippen molar-refractivity contribution in [2.75, 3.05) is 7.11 Å². The maximum atomic E-state index is 14.3. The fourth-order valence-corrected chi connectivity index (χ4v) is 3.13. The van der Waals surface area contributed by atoms with Gasteiger partial charge in [0.05, 0.1) is 6.10 Å². The van der Waals surface area contributed by atoms with Crippen LogP contribution in [0.1, 0.15) is 37.0 Å². The molecule has 1 aromatic carbocycles. The molecule has 1 aromatic rings. The number of methoxy groups -OCH3 is 1. The third kappa shape index (κ3) is 5.12. The maximum Gasteiger partial charge on any atom is 0.460 e. The molecule has 0 radical (unpaired) electrons. The van der Waals surface area contributed by atoms with Crippen molar-refractivity contribution < 1.29 is 79.4 Å². The first kappa shape index (κ1) is 34.0. The number of hydrogen-bond donors (Lipinski definition) is 0. The molecular formula is C20H17F17O. The molecule has 1 nitrogen and oxygen atoms in total. The minimum absolute atomic E-state index is 0.271. The zero-order valence-electron chi connectivity index (χ0n) is 18.8. The molecule has 0 aliphatic carbocycles. The maximum absolute atomic E-state index is 14.3. The summed E-state index contributed by atoms with van der Waals surface area (Å²) in [5.41, 5.74) is -0.0582. The third-order valence-corrected chi connectivity index (χ3v) is 5.37. The van der Waals surface area contributed by atoms with E-state index in [1.54, 1.807) is 6.92 Å². The molecule has 0 spiro atoms. The molecule has 1 rings (SSSR count). The fourth-order valence-electron chi connectivity index (χ4n) is 3.13. The van der Waals surface area contributed by atoms with Crippen molar-refractivity contribution in [2.24, 2.45) is 0 Å². The lowest BCUT2D eigenvalue weighted by Gasteiger charge is -2.43. The van der Waals surface area contributed by atoms with Gasteiger partial charge in [0.25, 0.3) is 0 Å². The Labute approximate surface area is 202 Å². The molecular weight excluding hydrogens is 579 g/mol. The molecule has 18 heteroatoms. The van der Waals surface area contributed by atoms with E-state index in [4.69, 9.17) is 0 Å². The first-order valence-corrected chi connectivity index (χ1v) is 10.0. The number of rotatable bonds is 12. The summed E-state index contributed by atoms with van der Waals surface area (Å²) < 4.78 is 232. The minimum atomic E-state index is -8.64. The number of alkyl halides is 17. The molecule has 38 heavy (non-hydrogen) atoms. The van der Waals surface area contributed by atoms with Gasteiger partial charge >= 0.3 is 47.6 Å². The molecule has 0 bridgehead atoms. The van der Waals surface area contributed by atoms with Gasteiger partial charge in [0, 0.05) is 13.5 Å². The Hall–Kier alpha value is -2.01. The Balaban J connectivity index is 3.56. The van der Waals surface area contributed by atoms with Crippen molar-refractivity contribution in [3.8, 4) is 0 Å². The van der Waals surface area contributed by atoms with Crippen molar-refractivity contribution in [1.29, 1.82) is 0 Å². The second kappa shape index (κ2) is 10.2. The number of benzene rings is 1. The second-order valence-electron chi connectivity index (χ2n) is 8.07. The number of hydrogen-bond acceptors (Lipinski definition) is 1. The van der Waals surface area contributed by atoms with E-state index in [0.29, 0.717) is 19.1 Å². The highest BCUT2D eigenvalue weighted by Gasteiger charge is 2.95. The van der Waals surface area contributed by atoms with Crippen LogP contribution in [0.15, 0.2) is 24.3 Å². The normalized spacial score (nSPS) is 16.1. The Morgan fingerprint density at radius 3 is 1.45 bits per heavy atom. The summed E-state index contributed by atoms with van der Waals surface area (Å²) in [4.78, 5) is 0. The number of aryl methyl sites for hydroxylation is 1. The Kier molecular flexibility index (Phi) is 9.12. The molecule has 0 aliphatic rings. The van der Waals surface area contributed by atoms with E-state index in [0.717, 1.165) is 18.2 Å². The average molecular weight is 596 g/mol. The van der Waals surface area contributed by atoms with E-state index in [2.05, 4.69) is 4.74 Å². The van der Waals surface area contributed by atoms with Crippen LogP contribution in [0.3, 0.4) is 0 Å². The van der Waals surface area contributed by atoms with Gasteiger partial charge in [-0.2, -0.15) is 74.6 Å². The molecule has 1 unspecified atom stereocenters. The highest BCUT2D eigenvalue weighted by molar-refractivity contribution is 5.26. The van der Waals surface area contributed by atoms with E-state index < -0.39 is 65.7 Å². The van der Waals surface area contributed by atoms with Gasteiger partial charge in [0.15, 0.2) is 0 Å². The van der Waals surface area contributed by atoms with Gasteiger partial charge in [-0.1, -0.05) is 37.6 Å². The van der Waals surface area contributed by atoms with Crippen molar-refractivity contribution >= 4 is 0 Å². The molecule has 0 amide bonds. The molecule has 0 fully saturated rings. The van der Waals surface area contributed by atoms with Crippen LogP contribution in [0.5, 0.6) is 0 Å². The van der Waals surface area contributed by atoms with E-state index in [-0.39, 0.29) is 6.42 Å². The first-order chi connectivity index (χ1) is 16.7. The van der Waals surface area contributed by atoms with Crippen molar-refractivity contribution in [3.63, 3.8) is 0 Å². The molecule has 0 aromatic heterocycles. The summed E-state index contributed by atoms with van der Waals surface area (Å²) in [6, 6.07) is 4.55. The van der Waals surface area contributed by atoms with Gasteiger partial charge in [0.2, 0.25) is 0 Å². The van der Waals surface area contributed by atoms with Crippen molar-refractivity contribution in [1.82, 2.24) is 0 Å². The summed E-state index contributed by atoms with van der Waals surface area (Å²) in [6.45, 7) is 1.65. The topological polar surface area (TPSA) is 9.23 Å². The van der Waals surface area contributed by atoms with Gasteiger partial charge in [-0.05, 0) is 17.5 Å². The van der Waals surface area contributed by atoms with Crippen molar-refractivity contribution in [3.05, 3.63) is 35.4 Å².